The lowest BCUT2D eigenvalue weighted by Gasteiger charge is -2.23. The molecular weight excluding hydrogens is 114 g/mol. The summed E-state index contributed by atoms with van der Waals surface area (Å²) in [5.74, 6) is 0.764. The van der Waals surface area contributed by atoms with Crippen LogP contribution in [0.3, 0.4) is 0 Å². The highest BCUT2D eigenvalue weighted by molar-refractivity contribution is 4.95. The molecule has 0 spiro atoms. The number of ether oxygens (including phenoxy) is 1. The highest BCUT2D eigenvalue weighted by Crippen LogP contribution is 2.03. The maximum Gasteiger partial charge on any atom is 0.0643 e. The third kappa shape index (κ3) is 2.16. The SMILES string of the molecule is COC/C=C/C1CNC1. The Bertz CT molecular complexity index is 97.1. The van der Waals surface area contributed by atoms with E-state index in [0.717, 1.165) is 25.6 Å². The third-order valence-electron chi connectivity index (χ3n) is 1.48. The minimum atomic E-state index is 0.747. The van der Waals surface area contributed by atoms with Gasteiger partial charge in [0.05, 0.1) is 6.61 Å². The summed E-state index contributed by atoms with van der Waals surface area (Å²) in [7, 11) is 1.71. The number of nitrogens with one attached hydrogen (secondary N) is 1. The van der Waals surface area contributed by atoms with Crippen LogP contribution in [0.1, 0.15) is 0 Å². The van der Waals surface area contributed by atoms with Gasteiger partial charge in [-0.2, -0.15) is 0 Å². The molecule has 0 aromatic rings. The van der Waals surface area contributed by atoms with Crippen LogP contribution in [0.4, 0.5) is 0 Å². The Morgan fingerprint density at radius 1 is 1.67 bits per heavy atom. The van der Waals surface area contributed by atoms with Crippen molar-refractivity contribution in [3.63, 3.8) is 0 Å². The zero-order valence-corrected chi connectivity index (χ0v) is 5.76. The average molecular weight is 127 g/mol. The van der Waals surface area contributed by atoms with Crippen LogP contribution in [0.5, 0.6) is 0 Å². The molecule has 1 fully saturated rings. The van der Waals surface area contributed by atoms with Gasteiger partial charge >= 0.3 is 0 Å². The smallest absolute Gasteiger partial charge is 0.0643 e. The van der Waals surface area contributed by atoms with E-state index in [0.29, 0.717) is 0 Å². The molecule has 0 aromatic carbocycles. The summed E-state index contributed by atoms with van der Waals surface area (Å²) in [5.41, 5.74) is 0. The molecule has 9 heavy (non-hydrogen) atoms. The quantitative estimate of drug-likeness (QED) is 0.554. The molecule has 0 unspecified atom stereocenters. The van der Waals surface area contributed by atoms with Gasteiger partial charge in [-0.1, -0.05) is 12.2 Å². The molecule has 0 aliphatic carbocycles. The van der Waals surface area contributed by atoms with E-state index in [1.807, 2.05) is 0 Å². The number of rotatable bonds is 3. The van der Waals surface area contributed by atoms with Crippen molar-refractivity contribution in [2.24, 2.45) is 5.92 Å². The van der Waals surface area contributed by atoms with Gasteiger partial charge in [0, 0.05) is 26.1 Å². The molecule has 1 rings (SSSR count). The molecule has 1 aliphatic heterocycles. The van der Waals surface area contributed by atoms with Crippen molar-refractivity contribution in [2.45, 2.75) is 0 Å². The van der Waals surface area contributed by atoms with E-state index in [4.69, 9.17) is 4.74 Å². The highest BCUT2D eigenvalue weighted by atomic mass is 16.5. The van der Waals surface area contributed by atoms with E-state index in [1.54, 1.807) is 7.11 Å². The second-order valence-corrected chi connectivity index (χ2v) is 2.30. The molecule has 0 aromatic heterocycles. The Morgan fingerprint density at radius 2 is 2.44 bits per heavy atom. The van der Waals surface area contributed by atoms with Crippen molar-refractivity contribution < 1.29 is 4.74 Å². The average Bonchev–Trinajstić information content (AvgIpc) is 1.76. The van der Waals surface area contributed by atoms with Crippen molar-refractivity contribution >= 4 is 0 Å². The fraction of sp³-hybridized carbons (Fsp3) is 0.714. The van der Waals surface area contributed by atoms with Crippen LogP contribution in [0.15, 0.2) is 12.2 Å². The molecule has 0 atom stereocenters. The summed E-state index contributed by atoms with van der Waals surface area (Å²) >= 11 is 0. The summed E-state index contributed by atoms with van der Waals surface area (Å²) in [6.07, 6.45) is 4.28. The van der Waals surface area contributed by atoms with Crippen LogP contribution in [-0.4, -0.2) is 26.8 Å². The standard InChI is InChI=1S/C7H13NO/c1-9-4-2-3-7-5-8-6-7/h2-3,7-8H,4-6H2,1H3/b3-2+. The molecule has 0 bridgehead atoms. The molecule has 0 saturated carbocycles. The van der Waals surface area contributed by atoms with Gasteiger partial charge in [0.25, 0.3) is 0 Å². The van der Waals surface area contributed by atoms with Gasteiger partial charge in [-0.3, -0.25) is 0 Å². The van der Waals surface area contributed by atoms with E-state index in [9.17, 15) is 0 Å². The van der Waals surface area contributed by atoms with Crippen molar-refractivity contribution in [3.05, 3.63) is 12.2 Å². The Morgan fingerprint density at radius 3 is 2.89 bits per heavy atom. The third-order valence-corrected chi connectivity index (χ3v) is 1.48. The van der Waals surface area contributed by atoms with E-state index in [-0.39, 0.29) is 0 Å². The van der Waals surface area contributed by atoms with E-state index < -0.39 is 0 Å². The first kappa shape index (κ1) is 6.78. The summed E-state index contributed by atoms with van der Waals surface area (Å²) in [6, 6.07) is 0. The summed E-state index contributed by atoms with van der Waals surface area (Å²) in [5, 5.41) is 3.20. The molecule has 0 radical (unpaired) electrons. The van der Waals surface area contributed by atoms with Crippen LogP contribution in [0.2, 0.25) is 0 Å². The number of hydrogen-bond acceptors (Lipinski definition) is 2. The minimum Gasteiger partial charge on any atom is -0.381 e. The first-order valence-corrected chi connectivity index (χ1v) is 3.30. The zero-order chi connectivity index (χ0) is 6.53. The Labute approximate surface area is 55.9 Å². The van der Waals surface area contributed by atoms with Crippen LogP contribution in [0.25, 0.3) is 0 Å². The first-order valence-electron chi connectivity index (χ1n) is 3.30. The predicted octanol–water partition coefficient (Wildman–Crippen LogP) is 0.408. The molecule has 0 amide bonds. The largest absolute Gasteiger partial charge is 0.381 e. The van der Waals surface area contributed by atoms with E-state index in [2.05, 4.69) is 17.5 Å². The van der Waals surface area contributed by atoms with Gasteiger partial charge < -0.3 is 10.1 Å². The van der Waals surface area contributed by atoms with Gasteiger partial charge in [0.1, 0.15) is 0 Å². The summed E-state index contributed by atoms with van der Waals surface area (Å²) in [4.78, 5) is 0. The monoisotopic (exact) mass is 127 g/mol. The lowest BCUT2D eigenvalue weighted by Crippen LogP contribution is -2.40. The van der Waals surface area contributed by atoms with Crippen molar-refractivity contribution in [3.8, 4) is 0 Å². The van der Waals surface area contributed by atoms with Gasteiger partial charge in [-0.05, 0) is 0 Å². The molecule has 1 saturated heterocycles. The number of methoxy groups -OCH3 is 1. The molecule has 2 nitrogen and oxygen atoms in total. The lowest BCUT2D eigenvalue weighted by molar-refractivity contribution is 0.233. The Kier molecular flexibility index (Phi) is 2.74. The molecule has 1 N–H and O–H groups in total. The fourth-order valence-corrected chi connectivity index (χ4v) is 0.791. The Balaban J connectivity index is 2.00. The second-order valence-electron chi connectivity index (χ2n) is 2.30. The summed E-state index contributed by atoms with van der Waals surface area (Å²) < 4.78 is 4.85. The van der Waals surface area contributed by atoms with E-state index in [1.165, 1.54) is 0 Å². The highest BCUT2D eigenvalue weighted by Gasteiger charge is 2.11. The zero-order valence-electron chi connectivity index (χ0n) is 5.76. The van der Waals surface area contributed by atoms with Gasteiger partial charge in [-0.25, -0.2) is 0 Å². The molecule has 1 heterocycles. The maximum absolute atomic E-state index is 4.85. The van der Waals surface area contributed by atoms with Crippen LogP contribution < -0.4 is 5.32 Å². The van der Waals surface area contributed by atoms with Crippen molar-refractivity contribution in [2.75, 3.05) is 26.8 Å². The summed E-state index contributed by atoms with van der Waals surface area (Å²) in [6.45, 7) is 3.02. The lowest BCUT2D eigenvalue weighted by atomic mass is 10.0. The first-order chi connectivity index (χ1) is 4.43. The van der Waals surface area contributed by atoms with E-state index >= 15 is 0 Å². The van der Waals surface area contributed by atoms with Gasteiger partial charge in [0.15, 0.2) is 0 Å². The van der Waals surface area contributed by atoms with Crippen LogP contribution in [-0.2, 0) is 4.74 Å². The van der Waals surface area contributed by atoms with Crippen molar-refractivity contribution in [1.29, 1.82) is 0 Å². The van der Waals surface area contributed by atoms with Crippen molar-refractivity contribution in [1.82, 2.24) is 5.32 Å². The van der Waals surface area contributed by atoms with Crippen LogP contribution in [0, 0.1) is 5.92 Å². The molecule has 1 aliphatic rings. The molecular formula is C7H13NO. The fourth-order valence-electron chi connectivity index (χ4n) is 0.791. The Hall–Kier alpha value is -0.340. The topological polar surface area (TPSA) is 21.3 Å². The molecule has 52 valence electrons. The number of hydrogen-bond donors (Lipinski definition) is 1. The van der Waals surface area contributed by atoms with Crippen LogP contribution >= 0.6 is 0 Å². The normalized spacial score (nSPS) is 20.6. The molecule has 2 heteroatoms. The van der Waals surface area contributed by atoms with Gasteiger partial charge in [-0.15, -0.1) is 0 Å². The minimum absolute atomic E-state index is 0.747. The maximum atomic E-state index is 4.85. The second kappa shape index (κ2) is 3.64. The van der Waals surface area contributed by atoms with Gasteiger partial charge in [0.2, 0.25) is 0 Å². The predicted molar refractivity (Wildman–Crippen MR) is 37.4 cm³/mol.